The first-order chi connectivity index (χ1) is 7.09. The molecule has 1 atom stereocenters. The summed E-state index contributed by atoms with van der Waals surface area (Å²) < 4.78 is 9.51. The number of alkyl halides is 5. The zero-order valence-electron chi connectivity index (χ0n) is 8.34. The summed E-state index contributed by atoms with van der Waals surface area (Å²) in [6.45, 7) is 3.57. The molecule has 0 saturated carbocycles. The molecular formula is C7H9Cl5FN3. The Balaban J connectivity index is 3.02. The van der Waals surface area contributed by atoms with Crippen LogP contribution >= 0.6 is 58.0 Å². The van der Waals surface area contributed by atoms with Gasteiger partial charge in [0.25, 0.3) is 0 Å². The van der Waals surface area contributed by atoms with Crippen molar-refractivity contribution in [3.63, 3.8) is 0 Å². The zero-order chi connectivity index (χ0) is 12.7. The second-order valence-electron chi connectivity index (χ2n) is 3.54. The van der Waals surface area contributed by atoms with Gasteiger partial charge < -0.3 is 0 Å². The second-order valence-corrected chi connectivity index (χ2v) is 7.21. The average molecular weight is 331 g/mol. The molecule has 0 aromatic rings. The second kappa shape index (κ2) is 4.73. The van der Waals surface area contributed by atoms with Crippen molar-refractivity contribution in [2.24, 2.45) is 5.10 Å². The van der Waals surface area contributed by atoms with Gasteiger partial charge in [0.2, 0.25) is 8.13 Å². The Morgan fingerprint density at radius 2 is 1.75 bits per heavy atom. The Kier molecular flexibility index (Phi) is 4.35. The number of hydrazone groups is 1. The molecule has 0 fully saturated rings. The molecule has 94 valence electrons. The first kappa shape index (κ1) is 14.7. The minimum Gasteiger partial charge on any atom is -0.265 e. The summed E-state index contributed by atoms with van der Waals surface area (Å²) in [5.41, 5.74) is 0. The topological polar surface area (TPSA) is 18.8 Å². The lowest BCUT2D eigenvalue weighted by molar-refractivity contribution is -0.0173. The van der Waals surface area contributed by atoms with Crippen molar-refractivity contribution < 1.29 is 4.48 Å². The van der Waals surface area contributed by atoms with E-state index in [1.807, 2.05) is 0 Å². The van der Waals surface area contributed by atoms with Crippen molar-refractivity contribution in [3.05, 3.63) is 0 Å². The zero-order valence-corrected chi connectivity index (χ0v) is 12.1. The van der Waals surface area contributed by atoms with Crippen molar-refractivity contribution in [3.8, 4) is 0 Å². The lowest BCUT2D eigenvalue weighted by Gasteiger charge is -2.39. The summed E-state index contributed by atoms with van der Waals surface area (Å²) in [6.07, 6.45) is -0.260. The van der Waals surface area contributed by atoms with Crippen molar-refractivity contribution >= 4 is 64.3 Å². The van der Waals surface area contributed by atoms with E-state index in [9.17, 15) is 4.48 Å². The summed E-state index contributed by atoms with van der Waals surface area (Å²) >= 11 is 28.7. The van der Waals surface area contributed by atoms with Crippen LogP contribution in [0.1, 0.15) is 13.8 Å². The molecule has 0 amide bonds. The Bertz CT molecular complexity index is 290. The smallest absolute Gasteiger partial charge is 0.227 e. The maximum absolute atomic E-state index is 13.5. The SMILES string of the molecule is CC(C)N1N=CN(F)C1C(Cl)(Cl)C(Cl)(Cl)Cl. The van der Waals surface area contributed by atoms with Gasteiger partial charge >= 0.3 is 0 Å². The minimum absolute atomic E-state index is 0.147. The first-order valence-electron chi connectivity index (χ1n) is 4.30. The van der Waals surface area contributed by atoms with Gasteiger partial charge in [0.05, 0.1) is 0 Å². The lowest BCUT2D eigenvalue weighted by atomic mass is 10.3. The molecule has 0 N–H and O–H groups in total. The monoisotopic (exact) mass is 329 g/mol. The van der Waals surface area contributed by atoms with E-state index >= 15 is 0 Å². The van der Waals surface area contributed by atoms with Crippen LogP contribution in [-0.2, 0) is 0 Å². The van der Waals surface area contributed by atoms with Crippen LogP contribution < -0.4 is 0 Å². The van der Waals surface area contributed by atoms with E-state index in [1.165, 1.54) is 5.01 Å². The summed E-state index contributed by atoms with van der Waals surface area (Å²) in [6, 6.07) is -0.147. The Labute approximate surface area is 118 Å². The molecule has 1 heterocycles. The van der Waals surface area contributed by atoms with Gasteiger partial charge in [-0.2, -0.15) is 10.2 Å². The molecule has 9 heteroatoms. The minimum atomic E-state index is -2.05. The summed E-state index contributed by atoms with van der Waals surface area (Å²) in [5.74, 6) is 0. The van der Waals surface area contributed by atoms with Crippen LogP contribution in [0.4, 0.5) is 4.48 Å². The third kappa shape index (κ3) is 2.56. The fourth-order valence-corrected chi connectivity index (χ4v) is 1.91. The van der Waals surface area contributed by atoms with Crippen LogP contribution in [0.5, 0.6) is 0 Å². The number of rotatable bonds is 2. The van der Waals surface area contributed by atoms with E-state index in [2.05, 4.69) is 5.10 Å². The number of hydrogen-bond acceptors (Lipinski definition) is 3. The Morgan fingerprint density at radius 3 is 2.12 bits per heavy atom. The predicted molar refractivity (Wildman–Crippen MR) is 66.9 cm³/mol. The maximum Gasteiger partial charge on any atom is 0.227 e. The molecule has 0 radical (unpaired) electrons. The summed E-state index contributed by atoms with van der Waals surface area (Å²) in [7, 11) is 0. The van der Waals surface area contributed by atoms with Crippen LogP contribution in [0.25, 0.3) is 0 Å². The Morgan fingerprint density at radius 1 is 1.25 bits per heavy atom. The maximum atomic E-state index is 13.5. The number of hydrogen-bond donors (Lipinski definition) is 0. The van der Waals surface area contributed by atoms with Gasteiger partial charge in [0.15, 0.2) is 6.17 Å². The number of nitrogens with zero attached hydrogens (tertiary/aromatic N) is 3. The van der Waals surface area contributed by atoms with Gasteiger partial charge in [0, 0.05) is 6.04 Å². The van der Waals surface area contributed by atoms with Gasteiger partial charge in [0.1, 0.15) is 6.34 Å². The highest BCUT2D eigenvalue weighted by molar-refractivity contribution is 6.75. The highest BCUT2D eigenvalue weighted by Gasteiger charge is 2.58. The van der Waals surface area contributed by atoms with E-state index in [1.54, 1.807) is 13.8 Å². The number of halogens is 6. The van der Waals surface area contributed by atoms with E-state index in [0.717, 1.165) is 6.34 Å². The molecule has 1 aliphatic heterocycles. The van der Waals surface area contributed by atoms with E-state index in [4.69, 9.17) is 58.0 Å². The van der Waals surface area contributed by atoms with E-state index < -0.39 is 14.3 Å². The van der Waals surface area contributed by atoms with Crippen LogP contribution in [0.2, 0.25) is 0 Å². The molecule has 0 aliphatic carbocycles. The molecule has 1 rings (SSSR count). The van der Waals surface area contributed by atoms with Gasteiger partial charge in [-0.25, -0.2) is 0 Å². The summed E-state index contributed by atoms with van der Waals surface area (Å²) in [4.78, 5) is 0. The molecule has 0 spiro atoms. The lowest BCUT2D eigenvalue weighted by Crippen LogP contribution is -2.56. The molecular weight excluding hydrogens is 322 g/mol. The molecule has 0 bridgehead atoms. The van der Waals surface area contributed by atoms with Crippen molar-refractivity contribution in [2.75, 3.05) is 0 Å². The van der Waals surface area contributed by atoms with Crippen LogP contribution in [0.3, 0.4) is 0 Å². The molecule has 0 saturated heterocycles. The normalized spacial score (nSPS) is 22.4. The molecule has 0 aromatic heterocycles. The highest BCUT2D eigenvalue weighted by Crippen LogP contribution is 2.51. The fourth-order valence-electron chi connectivity index (χ4n) is 1.23. The van der Waals surface area contributed by atoms with Crippen LogP contribution in [-0.4, -0.2) is 36.8 Å². The van der Waals surface area contributed by atoms with Gasteiger partial charge in [-0.1, -0.05) is 62.5 Å². The predicted octanol–water partition coefficient (Wildman–Crippen LogP) is 3.71. The summed E-state index contributed by atoms with van der Waals surface area (Å²) in [5, 5.41) is 5.32. The van der Waals surface area contributed by atoms with Gasteiger partial charge in [-0.15, -0.1) is 0 Å². The Hall–Kier alpha value is 0.650. The third-order valence-corrected chi connectivity index (χ3v) is 4.44. The molecule has 1 unspecified atom stereocenters. The third-order valence-electron chi connectivity index (χ3n) is 2.01. The standard InChI is InChI=1S/C7H9Cl5FN3/c1-4(2)16-5(15(13)3-14-16)6(8,9)7(10,11)12/h3-5H,1-2H3. The van der Waals surface area contributed by atoms with Gasteiger partial charge in [-0.05, 0) is 13.8 Å². The highest BCUT2D eigenvalue weighted by atomic mass is 35.6. The largest absolute Gasteiger partial charge is 0.265 e. The average Bonchev–Trinajstić information content (AvgIpc) is 2.45. The molecule has 0 aromatic carbocycles. The van der Waals surface area contributed by atoms with E-state index in [-0.39, 0.29) is 11.2 Å². The molecule has 16 heavy (non-hydrogen) atoms. The quantitative estimate of drug-likeness (QED) is 0.567. The van der Waals surface area contributed by atoms with Gasteiger partial charge in [-0.3, -0.25) is 5.01 Å². The molecule has 3 nitrogen and oxygen atoms in total. The van der Waals surface area contributed by atoms with Crippen molar-refractivity contribution in [1.29, 1.82) is 0 Å². The van der Waals surface area contributed by atoms with Crippen molar-refractivity contribution in [2.45, 2.75) is 34.2 Å². The first-order valence-corrected chi connectivity index (χ1v) is 6.19. The van der Waals surface area contributed by atoms with Crippen LogP contribution in [0.15, 0.2) is 5.10 Å². The van der Waals surface area contributed by atoms with Crippen LogP contribution in [0, 0.1) is 0 Å². The molecule has 1 aliphatic rings. The van der Waals surface area contributed by atoms with Crippen molar-refractivity contribution in [1.82, 2.24) is 10.1 Å². The van der Waals surface area contributed by atoms with E-state index in [0.29, 0.717) is 0 Å². The fraction of sp³-hybridized carbons (Fsp3) is 0.857.